The number of H-pyrrole nitrogens is 1. The molecular formula is C27H30N4O2S. The molecule has 1 amide bonds. The summed E-state index contributed by atoms with van der Waals surface area (Å²) in [7, 11) is 0. The van der Waals surface area contributed by atoms with Crippen molar-refractivity contribution in [2.24, 2.45) is 5.41 Å². The number of carbonyl (C=O) groups excluding carboxylic acids is 2. The highest BCUT2D eigenvalue weighted by atomic mass is 32.1. The maximum Gasteiger partial charge on any atom is 0.249 e. The molecule has 7 heteroatoms. The van der Waals surface area contributed by atoms with Gasteiger partial charge in [0.05, 0.1) is 17.1 Å². The zero-order chi connectivity index (χ0) is 24.0. The number of para-hydroxylation sites is 1. The monoisotopic (exact) mass is 474 g/mol. The van der Waals surface area contributed by atoms with Gasteiger partial charge in [0.1, 0.15) is 0 Å². The van der Waals surface area contributed by atoms with Crippen LogP contribution in [-0.2, 0) is 16.0 Å². The van der Waals surface area contributed by atoms with Crippen molar-refractivity contribution in [1.82, 2.24) is 20.6 Å². The van der Waals surface area contributed by atoms with Crippen molar-refractivity contribution in [3.05, 3.63) is 74.6 Å². The van der Waals surface area contributed by atoms with Gasteiger partial charge in [-0.1, -0.05) is 32.0 Å². The number of thiazole rings is 1. The van der Waals surface area contributed by atoms with Gasteiger partial charge in [0.25, 0.3) is 0 Å². The molecule has 34 heavy (non-hydrogen) atoms. The maximum atomic E-state index is 13.6. The molecule has 0 spiro atoms. The SMILES string of the molecule is CC1=C(C(=O)NCCc2c[nH]c3ccccc23)C(c2scnc2C)C2=C(CC(C)(C)CC2=O)N1. The fourth-order valence-electron chi connectivity index (χ4n) is 5.33. The Kier molecular flexibility index (Phi) is 5.68. The Morgan fingerprint density at radius 1 is 1.24 bits per heavy atom. The number of aromatic nitrogens is 2. The molecule has 1 aliphatic carbocycles. The number of rotatable bonds is 5. The number of hydrogen-bond acceptors (Lipinski definition) is 5. The molecule has 0 fully saturated rings. The first kappa shape index (κ1) is 22.6. The quantitative estimate of drug-likeness (QED) is 0.491. The number of Topliss-reactive ketones (excluding diaryl/α,β-unsaturated/α-hetero) is 1. The molecule has 0 radical (unpaired) electrons. The van der Waals surface area contributed by atoms with Crippen LogP contribution in [0.2, 0.25) is 0 Å². The Balaban J connectivity index is 1.43. The summed E-state index contributed by atoms with van der Waals surface area (Å²) in [6, 6.07) is 8.17. The van der Waals surface area contributed by atoms with Crippen molar-refractivity contribution in [2.75, 3.05) is 6.54 Å². The fourth-order valence-corrected chi connectivity index (χ4v) is 6.25. The number of aryl methyl sites for hydroxylation is 1. The Bertz CT molecular complexity index is 1360. The largest absolute Gasteiger partial charge is 0.362 e. The third-order valence-corrected chi connectivity index (χ3v) is 7.88. The number of hydrogen-bond donors (Lipinski definition) is 3. The van der Waals surface area contributed by atoms with Crippen molar-refractivity contribution in [1.29, 1.82) is 0 Å². The average Bonchev–Trinajstić information content (AvgIpc) is 3.38. The molecule has 0 saturated carbocycles. The van der Waals surface area contributed by atoms with E-state index in [0.717, 1.165) is 45.9 Å². The van der Waals surface area contributed by atoms with E-state index in [-0.39, 0.29) is 23.0 Å². The van der Waals surface area contributed by atoms with E-state index in [1.165, 1.54) is 22.3 Å². The van der Waals surface area contributed by atoms with Gasteiger partial charge in [-0.15, -0.1) is 11.3 Å². The van der Waals surface area contributed by atoms with Crippen LogP contribution in [0.4, 0.5) is 0 Å². The highest BCUT2D eigenvalue weighted by Gasteiger charge is 2.43. The van der Waals surface area contributed by atoms with Gasteiger partial charge in [-0.25, -0.2) is 4.98 Å². The van der Waals surface area contributed by atoms with Crippen molar-refractivity contribution < 1.29 is 9.59 Å². The number of dihydropyridines is 1. The lowest BCUT2D eigenvalue weighted by Crippen LogP contribution is -2.41. The van der Waals surface area contributed by atoms with E-state index in [1.54, 1.807) is 5.51 Å². The first-order valence-electron chi connectivity index (χ1n) is 11.7. The van der Waals surface area contributed by atoms with Crippen LogP contribution >= 0.6 is 11.3 Å². The molecule has 176 valence electrons. The first-order valence-corrected chi connectivity index (χ1v) is 12.6. The van der Waals surface area contributed by atoms with Crippen LogP contribution in [0.1, 0.15) is 55.7 Å². The van der Waals surface area contributed by atoms with E-state index in [2.05, 4.69) is 46.6 Å². The smallest absolute Gasteiger partial charge is 0.249 e. The van der Waals surface area contributed by atoms with E-state index in [9.17, 15) is 9.59 Å². The van der Waals surface area contributed by atoms with Gasteiger partial charge in [0, 0.05) is 57.5 Å². The van der Waals surface area contributed by atoms with Crippen LogP contribution in [0, 0.1) is 12.3 Å². The van der Waals surface area contributed by atoms with Crippen molar-refractivity contribution >= 4 is 33.9 Å². The van der Waals surface area contributed by atoms with Gasteiger partial charge in [-0.3, -0.25) is 9.59 Å². The van der Waals surface area contributed by atoms with Crippen LogP contribution in [0.5, 0.6) is 0 Å². The lowest BCUT2D eigenvalue weighted by Gasteiger charge is -2.39. The Morgan fingerprint density at radius 3 is 2.79 bits per heavy atom. The second-order valence-corrected chi connectivity index (χ2v) is 11.0. The molecule has 3 aromatic rings. The predicted octanol–water partition coefficient (Wildman–Crippen LogP) is 4.90. The van der Waals surface area contributed by atoms with Crippen LogP contribution in [-0.4, -0.2) is 28.2 Å². The van der Waals surface area contributed by atoms with Crippen LogP contribution < -0.4 is 10.6 Å². The third-order valence-electron chi connectivity index (χ3n) is 6.88. The predicted molar refractivity (Wildman–Crippen MR) is 135 cm³/mol. The standard InChI is InChI=1S/C27H30N4O2S/c1-15-22(26(33)28-10-9-17-13-29-19-8-6-5-7-18(17)19)24(25-16(2)30-14-34-25)23-20(31-15)11-27(3,4)12-21(23)32/h5-8,13-14,24,29,31H,9-12H2,1-4H3,(H,28,33). The van der Waals surface area contributed by atoms with Gasteiger partial charge >= 0.3 is 0 Å². The molecule has 1 unspecified atom stereocenters. The van der Waals surface area contributed by atoms with E-state index in [0.29, 0.717) is 18.5 Å². The minimum atomic E-state index is -0.375. The summed E-state index contributed by atoms with van der Waals surface area (Å²) in [5.74, 6) is -0.389. The van der Waals surface area contributed by atoms with Crippen molar-refractivity contribution in [3.63, 3.8) is 0 Å². The zero-order valence-corrected chi connectivity index (χ0v) is 20.9. The van der Waals surface area contributed by atoms with Crippen LogP contribution in [0.25, 0.3) is 10.9 Å². The molecular weight excluding hydrogens is 444 g/mol. The number of ketones is 1. The number of allylic oxidation sites excluding steroid dienone is 3. The van der Waals surface area contributed by atoms with Crippen molar-refractivity contribution in [2.45, 2.75) is 52.9 Å². The van der Waals surface area contributed by atoms with Crippen LogP contribution in [0.3, 0.4) is 0 Å². The highest BCUT2D eigenvalue weighted by molar-refractivity contribution is 7.10. The molecule has 0 saturated heterocycles. The lowest BCUT2D eigenvalue weighted by molar-refractivity contribution is -0.118. The van der Waals surface area contributed by atoms with Crippen LogP contribution in [0.15, 0.2) is 58.5 Å². The Morgan fingerprint density at radius 2 is 2.03 bits per heavy atom. The Labute approximate surface area is 203 Å². The van der Waals surface area contributed by atoms with E-state index in [4.69, 9.17) is 0 Å². The summed E-state index contributed by atoms with van der Waals surface area (Å²) in [6.07, 6.45) is 4.00. The Hall–Kier alpha value is -3.19. The molecule has 2 aromatic heterocycles. The molecule has 3 N–H and O–H groups in total. The number of fused-ring (bicyclic) bond motifs is 1. The lowest BCUT2D eigenvalue weighted by atomic mass is 9.69. The van der Waals surface area contributed by atoms with Gasteiger partial charge in [-0.05, 0) is 43.7 Å². The summed E-state index contributed by atoms with van der Waals surface area (Å²) in [6.45, 7) is 8.64. The number of benzene rings is 1. The fraction of sp³-hybridized carbons (Fsp3) is 0.370. The summed E-state index contributed by atoms with van der Waals surface area (Å²) in [4.78, 5) is 35.6. The highest BCUT2D eigenvalue weighted by Crippen LogP contribution is 2.47. The molecule has 3 heterocycles. The first-order chi connectivity index (χ1) is 16.2. The molecule has 6 nitrogen and oxygen atoms in total. The third kappa shape index (κ3) is 3.98. The second kappa shape index (κ2) is 8.55. The average molecular weight is 475 g/mol. The number of aromatic amines is 1. The minimum absolute atomic E-state index is 0.102. The van der Waals surface area contributed by atoms with E-state index in [1.807, 2.05) is 32.2 Å². The molecule has 1 atom stereocenters. The number of amides is 1. The molecule has 5 rings (SSSR count). The summed E-state index contributed by atoms with van der Waals surface area (Å²) < 4.78 is 0. The van der Waals surface area contributed by atoms with Gasteiger partial charge in [0.15, 0.2) is 5.78 Å². The second-order valence-electron chi connectivity index (χ2n) is 10.1. The van der Waals surface area contributed by atoms with Gasteiger partial charge in [-0.2, -0.15) is 0 Å². The maximum absolute atomic E-state index is 13.6. The molecule has 1 aromatic carbocycles. The number of nitrogens with zero attached hydrogens (tertiary/aromatic N) is 1. The number of nitrogens with one attached hydrogen (secondary N) is 3. The topological polar surface area (TPSA) is 86.9 Å². The van der Waals surface area contributed by atoms with E-state index >= 15 is 0 Å². The van der Waals surface area contributed by atoms with E-state index < -0.39 is 0 Å². The number of carbonyl (C=O) groups is 2. The summed E-state index contributed by atoms with van der Waals surface area (Å²) in [5.41, 5.74) is 7.96. The molecule has 1 aliphatic heterocycles. The van der Waals surface area contributed by atoms with Gasteiger partial charge < -0.3 is 15.6 Å². The summed E-state index contributed by atoms with van der Waals surface area (Å²) in [5, 5.41) is 7.73. The summed E-state index contributed by atoms with van der Waals surface area (Å²) >= 11 is 1.52. The van der Waals surface area contributed by atoms with Crippen molar-refractivity contribution in [3.8, 4) is 0 Å². The van der Waals surface area contributed by atoms with Gasteiger partial charge in [0.2, 0.25) is 5.91 Å². The molecule has 2 aliphatic rings. The minimum Gasteiger partial charge on any atom is -0.362 e. The normalized spacial score (nSPS) is 19.9. The molecule has 0 bridgehead atoms. The zero-order valence-electron chi connectivity index (χ0n) is 20.0.